The fraction of sp³-hybridized carbons (Fsp3) is 0.379. The minimum Gasteiger partial charge on any atom is -0.466 e. The van der Waals surface area contributed by atoms with Crippen molar-refractivity contribution in [1.82, 2.24) is 0 Å². The summed E-state index contributed by atoms with van der Waals surface area (Å²) in [6.07, 6.45) is 2.50. The third-order valence-electron chi connectivity index (χ3n) is 6.40. The molecule has 6 heteroatoms. The largest absolute Gasteiger partial charge is 0.478 e. The zero-order chi connectivity index (χ0) is 24.7. The van der Waals surface area contributed by atoms with Crippen LogP contribution in [0.15, 0.2) is 78.9 Å². The van der Waals surface area contributed by atoms with Crippen LogP contribution >= 0.6 is 7.82 Å². The molecule has 5 nitrogen and oxygen atoms in total. The van der Waals surface area contributed by atoms with E-state index in [1.54, 1.807) is 0 Å². The molecule has 1 atom stereocenters. The molecule has 0 radical (unpaired) electrons. The van der Waals surface area contributed by atoms with Gasteiger partial charge in [0.15, 0.2) is 6.79 Å². The SMILES string of the molecule is CC(C)c1cccc(C(C)C2CC2)c1OCOP(=O)(OCc1ccccc1)OCc1ccccc1. The molecule has 0 spiro atoms. The Morgan fingerprint density at radius 2 is 1.29 bits per heavy atom. The van der Waals surface area contributed by atoms with Crippen molar-refractivity contribution in [2.24, 2.45) is 5.92 Å². The smallest absolute Gasteiger partial charge is 0.466 e. The maximum atomic E-state index is 13.6. The van der Waals surface area contributed by atoms with Crippen molar-refractivity contribution in [3.63, 3.8) is 0 Å². The highest BCUT2D eigenvalue weighted by atomic mass is 31.2. The maximum Gasteiger partial charge on any atom is 0.478 e. The van der Waals surface area contributed by atoms with Crippen molar-refractivity contribution in [1.29, 1.82) is 0 Å². The van der Waals surface area contributed by atoms with Gasteiger partial charge in [0.2, 0.25) is 0 Å². The maximum absolute atomic E-state index is 13.6. The van der Waals surface area contributed by atoms with Gasteiger partial charge in [0.1, 0.15) is 5.75 Å². The van der Waals surface area contributed by atoms with Crippen LogP contribution < -0.4 is 4.74 Å². The molecule has 35 heavy (non-hydrogen) atoms. The van der Waals surface area contributed by atoms with E-state index < -0.39 is 7.82 Å². The van der Waals surface area contributed by atoms with Crippen molar-refractivity contribution < 1.29 is 22.9 Å². The fourth-order valence-corrected chi connectivity index (χ4v) is 5.14. The lowest BCUT2D eigenvalue weighted by Crippen LogP contribution is -2.10. The van der Waals surface area contributed by atoms with E-state index in [0.29, 0.717) is 11.8 Å². The van der Waals surface area contributed by atoms with Gasteiger partial charge >= 0.3 is 7.82 Å². The van der Waals surface area contributed by atoms with E-state index in [0.717, 1.165) is 22.4 Å². The predicted molar refractivity (Wildman–Crippen MR) is 138 cm³/mol. The molecule has 0 aliphatic heterocycles. The second-order valence-corrected chi connectivity index (χ2v) is 11.1. The monoisotopic (exact) mass is 494 g/mol. The molecular weight excluding hydrogens is 459 g/mol. The minimum atomic E-state index is -3.90. The third kappa shape index (κ3) is 7.28. The van der Waals surface area contributed by atoms with Crippen LogP contribution in [-0.4, -0.2) is 6.79 Å². The average molecular weight is 495 g/mol. The predicted octanol–water partition coefficient (Wildman–Crippen LogP) is 8.22. The van der Waals surface area contributed by atoms with Crippen LogP contribution in [0.3, 0.4) is 0 Å². The number of para-hydroxylation sites is 1. The summed E-state index contributed by atoms with van der Waals surface area (Å²) in [5.41, 5.74) is 4.05. The second-order valence-electron chi connectivity index (χ2n) is 9.40. The molecule has 0 saturated heterocycles. The first-order valence-corrected chi connectivity index (χ1v) is 13.8. The number of hydrogen-bond donors (Lipinski definition) is 0. The Kier molecular flexibility index (Phi) is 8.80. The Balaban J connectivity index is 1.47. The molecule has 0 bridgehead atoms. The summed E-state index contributed by atoms with van der Waals surface area (Å²) in [4.78, 5) is 0. The Morgan fingerprint density at radius 3 is 1.80 bits per heavy atom. The summed E-state index contributed by atoms with van der Waals surface area (Å²) in [7, 11) is -3.90. The van der Waals surface area contributed by atoms with Crippen molar-refractivity contribution in [2.45, 2.75) is 58.7 Å². The Bertz CT molecular complexity index is 1060. The standard InChI is InChI=1S/C29H35O5P/c1-22(2)27-15-10-16-28(23(3)26-17-18-26)29(27)31-21-34-35(30,32-19-24-11-6-4-7-12-24)33-20-25-13-8-5-9-14-25/h4-16,22-23,26H,17-21H2,1-3H3. The average Bonchev–Trinajstić information content (AvgIpc) is 3.73. The second kappa shape index (κ2) is 12.0. The zero-order valence-corrected chi connectivity index (χ0v) is 21.7. The Morgan fingerprint density at radius 1 is 0.743 bits per heavy atom. The van der Waals surface area contributed by atoms with Crippen molar-refractivity contribution in [3.05, 3.63) is 101 Å². The van der Waals surface area contributed by atoms with Gasteiger partial charge in [0.25, 0.3) is 0 Å². The van der Waals surface area contributed by atoms with Crippen LogP contribution in [0.25, 0.3) is 0 Å². The quantitative estimate of drug-likeness (QED) is 0.177. The van der Waals surface area contributed by atoms with Crippen LogP contribution in [0, 0.1) is 5.92 Å². The number of hydrogen-bond acceptors (Lipinski definition) is 5. The molecule has 1 saturated carbocycles. The van der Waals surface area contributed by atoms with Gasteiger partial charge in [-0.3, -0.25) is 9.05 Å². The number of rotatable bonds is 13. The third-order valence-corrected chi connectivity index (χ3v) is 7.71. The van der Waals surface area contributed by atoms with Gasteiger partial charge in [-0.05, 0) is 52.8 Å². The van der Waals surface area contributed by atoms with Gasteiger partial charge in [-0.1, -0.05) is 99.6 Å². The Hall–Kier alpha value is -2.43. The summed E-state index contributed by atoms with van der Waals surface area (Å²) in [5.74, 6) is 2.20. The first-order chi connectivity index (χ1) is 17.0. The summed E-state index contributed by atoms with van der Waals surface area (Å²) < 4.78 is 36.9. The van der Waals surface area contributed by atoms with E-state index in [1.165, 1.54) is 18.4 Å². The Labute approximate surface area is 209 Å². The highest BCUT2D eigenvalue weighted by Gasteiger charge is 2.32. The molecule has 186 valence electrons. The van der Waals surface area contributed by atoms with E-state index in [4.69, 9.17) is 18.3 Å². The summed E-state index contributed by atoms with van der Waals surface area (Å²) in [6.45, 7) is 6.53. The molecule has 3 aromatic carbocycles. The van der Waals surface area contributed by atoms with Crippen molar-refractivity contribution in [2.75, 3.05) is 6.79 Å². The molecule has 1 aliphatic carbocycles. The van der Waals surface area contributed by atoms with E-state index in [2.05, 4.69) is 39.0 Å². The molecule has 0 amide bonds. The van der Waals surface area contributed by atoms with Gasteiger partial charge in [-0.25, -0.2) is 9.09 Å². The lowest BCUT2D eigenvalue weighted by atomic mass is 9.90. The van der Waals surface area contributed by atoms with Crippen molar-refractivity contribution in [3.8, 4) is 5.75 Å². The summed E-state index contributed by atoms with van der Waals surface area (Å²) in [5, 5.41) is 0. The van der Waals surface area contributed by atoms with Crippen LogP contribution in [-0.2, 0) is 31.4 Å². The molecular formula is C29H35O5P. The van der Waals surface area contributed by atoms with Crippen LogP contribution in [0.4, 0.5) is 0 Å². The van der Waals surface area contributed by atoms with E-state index in [9.17, 15) is 4.57 Å². The molecule has 0 heterocycles. The first kappa shape index (κ1) is 25.7. The van der Waals surface area contributed by atoms with E-state index in [-0.39, 0.29) is 25.9 Å². The highest BCUT2D eigenvalue weighted by Crippen LogP contribution is 2.51. The topological polar surface area (TPSA) is 54.0 Å². The van der Waals surface area contributed by atoms with Gasteiger partial charge in [0.05, 0.1) is 13.2 Å². The van der Waals surface area contributed by atoms with E-state index in [1.807, 2.05) is 60.7 Å². The fourth-order valence-electron chi connectivity index (χ4n) is 4.12. The lowest BCUT2D eigenvalue weighted by Gasteiger charge is -2.23. The molecule has 0 N–H and O–H groups in total. The number of phosphoric acid groups is 1. The molecule has 3 aromatic rings. The molecule has 1 aliphatic rings. The number of benzene rings is 3. The summed E-state index contributed by atoms with van der Waals surface area (Å²) in [6, 6.07) is 25.4. The van der Waals surface area contributed by atoms with E-state index >= 15 is 0 Å². The lowest BCUT2D eigenvalue weighted by molar-refractivity contribution is 0.0432. The molecule has 4 rings (SSSR count). The van der Waals surface area contributed by atoms with Gasteiger partial charge in [-0.15, -0.1) is 0 Å². The highest BCUT2D eigenvalue weighted by molar-refractivity contribution is 7.48. The molecule has 1 fully saturated rings. The zero-order valence-electron chi connectivity index (χ0n) is 20.8. The van der Waals surface area contributed by atoms with Gasteiger partial charge in [0, 0.05) is 0 Å². The number of phosphoric ester groups is 1. The summed E-state index contributed by atoms with van der Waals surface area (Å²) >= 11 is 0. The number of ether oxygens (including phenoxy) is 1. The van der Waals surface area contributed by atoms with Crippen LogP contribution in [0.2, 0.25) is 0 Å². The first-order valence-electron chi connectivity index (χ1n) is 12.3. The van der Waals surface area contributed by atoms with Crippen molar-refractivity contribution >= 4 is 7.82 Å². The van der Waals surface area contributed by atoms with Crippen LogP contribution in [0.1, 0.15) is 67.7 Å². The normalized spacial score (nSPS) is 14.7. The molecule has 1 unspecified atom stereocenters. The van der Waals surface area contributed by atoms with Gasteiger partial charge < -0.3 is 4.74 Å². The minimum absolute atomic E-state index is 0.111. The van der Waals surface area contributed by atoms with Crippen LogP contribution in [0.5, 0.6) is 5.75 Å². The van der Waals surface area contributed by atoms with Gasteiger partial charge in [-0.2, -0.15) is 0 Å². The molecule has 0 aromatic heterocycles.